The van der Waals surface area contributed by atoms with Gasteiger partial charge >= 0.3 is 5.97 Å². The molecule has 2 aliphatic heterocycles. The van der Waals surface area contributed by atoms with Crippen LogP contribution in [0.2, 0.25) is 0 Å². The molecule has 0 aromatic heterocycles. The molecule has 1 fully saturated rings. The number of carbonyl (C=O) groups excluding carboxylic acids is 5. The monoisotopic (exact) mass is 268 g/mol. The molecule has 0 unspecified atom stereocenters. The summed E-state index contributed by atoms with van der Waals surface area (Å²) in [5, 5.41) is 0.516. The van der Waals surface area contributed by atoms with Gasteiger partial charge in [0, 0.05) is 39.0 Å². The van der Waals surface area contributed by atoms with Crippen LogP contribution in [0.15, 0.2) is 12.2 Å². The van der Waals surface area contributed by atoms with Crippen LogP contribution in [0, 0.1) is 0 Å². The summed E-state index contributed by atoms with van der Waals surface area (Å²) in [6.45, 7) is 1.14. The molecule has 0 radical (unpaired) electrons. The maximum absolute atomic E-state index is 10.7. The molecule has 102 valence electrons. The normalized spacial score (nSPS) is 17.8. The van der Waals surface area contributed by atoms with Crippen LogP contribution in [0.3, 0.4) is 0 Å². The zero-order valence-electron chi connectivity index (χ0n) is 10.4. The second kappa shape index (κ2) is 5.89. The first-order valence-electron chi connectivity index (χ1n) is 5.37. The van der Waals surface area contributed by atoms with Crippen LogP contribution in [-0.4, -0.2) is 46.6 Å². The molecular formula is C11H12N2O6. The second-order valence-electron chi connectivity index (χ2n) is 3.73. The Hall–Kier alpha value is -2.51. The second-order valence-corrected chi connectivity index (χ2v) is 3.73. The third-order valence-corrected chi connectivity index (χ3v) is 2.26. The lowest BCUT2D eigenvalue weighted by Gasteiger charge is -2.09. The fraction of sp³-hybridized carbons (Fsp3) is 0.364. The molecule has 1 saturated heterocycles. The smallest absolute Gasteiger partial charge is 0.330 e. The van der Waals surface area contributed by atoms with Gasteiger partial charge in [0.2, 0.25) is 0 Å². The Balaban J connectivity index is 0.000000200. The number of imide groups is 2. The average molecular weight is 268 g/mol. The van der Waals surface area contributed by atoms with Crippen molar-refractivity contribution in [3.05, 3.63) is 12.2 Å². The Labute approximate surface area is 108 Å². The minimum atomic E-state index is -0.659. The molecule has 0 bridgehead atoms. The lowest BCUT2D eigenvalue weighted by atomic mass is 10.4. The van der Waals surface area contributed by atoms with Crippen molar-refractivity contribution in [3.8, 4) is 0 Å². The zero-order chi connectivity index (χ0) is 14.6. The highest BCUT2D eigenvalue weighted by molar-refractivity contribution is 6.12. The van der Waals surface area contributed by atoms with Gasteiger partial charge in [-0.05, 0) is 0 Å². The molecule has 2 rings (SSSR count). The van der Waals surface area contributed by atoms with Crippen molar-refractivity contribution in [2.45, 2.75) is 19.8 Å². The highest BCUT2D eigenvalue weighted by atomic mass is 16.7. The topological polar surface area (TPSA) is 101 Å². The first-order chi connectivity index (χ1) is 8.82. The summed E-state index contributed by atoms with van der Waals surface area (Å²) in [6.07, 6.45) is 2.77. The minimum Gasteiger partial charge on any atom is -0.331 e. The van der Waals surface area contributed by atoms with Crippen molar-refractivity contribution < 1.29 is 28.8 Å². The van der Waals surface area contributed by atoms with E-state index in [0.29, 0.717) is 5.06 Å². The van der Waals surface area contributed by atoms with Gasteiger partial charge in [-0.25, -0.2) is 4.79 Å². The van der Waals surface area contributed by atoms with E-state index in [9.17, 15) is 24.0 Å². The predicted molar refractivity (Wildman–Crippen MR) is 59.8 cm³/mol. The van der Waals surface area contributed by atoms with E-state index >= 15 is 0 Å². The summed E-state index contributed by atoms with van der Waals surface area (Å²) in [4.78, 5) is 58.0. The van der Waals surface area contributed by atoms with E-state index in [1.807, 2.05) is 0 Å². The molecule has 4 amide bonds. The molecule has 0 aromatic carbocycles. The number of rotatable bonds is 1. The van der Waals surface area contributed by atoms with Crippen molar-refractivity contribution in [3.63, 3.8) is 0 Å². The Kier molecular flexibility index (Phi) is 4.51. The summed E-state index contributed by atoms with van der Waals surface area (Å²) in [7, 11) is 1.45. The van der Waals surface area contributed by atoms with Crippen LogP contribution >= 0.6 is 0 Å². The number of hydrogen-bond acceptors (Lipinski definition) is 6. The van der Waals surface area contributed by atoms with Gasteiger partial charge in [0.25, 0.3) is 23.6 Å². The van der Waals surface area contributed by atoms with E-state index in [2.05, 4.69) is 4.84 Å². The Morgan fingerprint density at radius 3 is 1.74 bits per heavy atom. The number of hydroxylamine groups is 2. The van der Waals surface area contributed by atoms with Gasteiger partial charge in [-0.1, -0.05) is 0 Å². The van der Waals surface area contributed by atoms with Gasteiger partial charge in [-0.15, -0.1) is 5.06 Å². The zero-order valence-corrected chi connectivity index (χ0v) is 10.4. The molecule has 2 aliphatic rings. The number of nitrogens with zero attached hydrogens (tertiary/aromatic N) is 2. The van der Waals surface area contributed by atoms with Crippen molar-refractivity contribution in [2.75, 3.05) is 7.05 Å². The molecule has 0 N–H and O–H groups in total. The van der Waals surface area contributed by atoms with Gasteiger partial charge in [0.1, 0.15) is 0 Å². The molecule has 2 heterocycles. The quantitative estimate of drug-likeness (QED) is 0.574. The average Bonchev–Trinajstić information content (AvgIpc) is 2.80. The van der Waals surface area contributed by atoms with Gasteiger partial charge in [-0.2, -0.15) is 0 Å². The van der Waals surface area contributed by atoms with E-state index in [-0.39, 0.29) is 24.7 Å². The van der Waals surface area contributed by atoms with Gasteiger partial charge in [-0.3, -0.25) is 24.1 Å². The molecule has 8 nitrogen and oxygen atoms in total. The van der Waals surface area contributed by atoms with Crippen LogP contribution in [-0.2, 0) is 28.8 Å². The number of likely N-dealkylation sites (N-methyl/N-ethyl adjacent to an activating group) is 1. The van der Waals surface area contributed by atoms with Crippen molar-refractivity contribution in [1.29, 1.82) is 0 Å². The Bertz CT molecular complexity index is 448. The summed E-state index contributed by atoms with van der Waals surface area (Å²) < 4.78 is 0. The van der Waals surface area contributed by atoms with Crippen LogP contribution in [0.4, 0.5) is 0 Å². The molecule has 0 aliphatic carbocycles. The number of carbonyl (C=O) groups is 5. The van der Waals surface area contributed by atoms with Crippen LogP contribution in [0.25, 0.3) is 0 Å². The summed E-state index contributed by atoms with van der Waals surface area (Å²) in [6, 6.07) is 0. The fourth-order valence-corrected chi connectivity index (χ4v) is 1.26. The molecule has 0 aromatic rings. The van der Waals surface area contributed by atoms with E-state index < -0.39 is 17.8 Å². The predicted octanol–water partition coefficient (Wildman–Crippen LogP) is -0.845. The summed E-state index contributed by atoms with van der Waals surface area (Å²) >= 11 is 0. The first-order valence-corrected chi connectivity index (χ1v) is 5.37. The van der Waals surface area contributed by atoms with Gasteiger partial charge < -0.3 is 4.84 Å². The summed E-state index contributed by atoms with van der Waals surface area (Å²) in [5.41, 5.74) is 0. The standard InChI is InChI=1S/C6H7NO4.C5H5NO2/c1-4(8)11-7-5(9)2-3-6(7)10;1-6-4(7)2-3-5(6)8/h2-3H2,1H3;2-3H,1H3. The number of hydrogen-bond donors (Lipinski definition) is 0. The lowest BCUT2D eigenvalue weighted by Crippen LogP contribution is -2.30. The fourth-order valence-electron chi connectivity index (χ4n) is 1.26. The van der Waals surface area contributed by atoms with Crippen LogP contribution in [0.5, 0.6) is 0 Å². The molecule has 8 heteroatoms. The van der Waals surface area contributed by atoms with Crippen molar-refractivity contribution in [2.24, 2.45) is 0 Å². The SMILES string of the molecule is CC(=O)ON1C(=O)CCC1=O.CN1C(=O)C=CC1=O. The molecule has 0 saturated carbocycles. The first kappa shape index (κ1) is 14.6. The van der Waals surface area contributed by atoms with Crippen LogP contribution in [0.1, 0.15) is 19.8 Å². The summed E-state index contributed by atoms with van der Waals surface area (Å²) in [5.74, 6) is -2.05. The van der Waals surface area contributed by atoms with E-state index in [4.69, 9.17) is 0 Å². The third-order valence-electron chi connectivity index (χ3n) is 2.26. The molecule has 0 spiro atoms. The van der Waals surface area contributed by atoms with E-state index in [1.54, 1.807) is 0 Å². The van der Waals surface area contributed by atoms with Gasteiger partial charge in [0.05, 0.1) is 0 Å². The van der Waals surface area contributed by atoms with E-state index in [0.717, 1.165) is 11.8 Å². The van der Waals surface area contributed by atoms with Gasteiger partial charge in [0.15, 0.2) is 0 Å². The number of amides is 4. The Morgan fingerprint density at radius 1 is 1.05 bits per heavy atom. The maximum atomic E-state index is 10.7. The molecular weight excluding hydrogens is 256 g/mol. The van der Waals surface area contributed by atoms with Crippen LogP contribution < -0.4 is 0 Å². The third kappa shape index (κ3) is 3.73. The minimum absolute atomic E-state index is 0.131. The highest BCUT2D eigenvalue weighted by Gasteiger charge is 2.31. The van der Waals surface area contributed by atoms with E-state index in [1.165, 1.54) is 19.2 Å². The molecule has 0 atom stereocenters. The van der Waals surface area contributed by atoms with Crippen molar-refractivity contribution >= 4 is 29.6 Å². The maximum Gasteiger partial charge on any atom is 0.330 e. The van der Waals surface area contributed by atoms with Crippen molar-refractivity contribution in [1.82, 2.24) is 9.96 Å². The molecule has 19 heavy (non-hydrogen) atoms. The lowest BCUT2D eigenvalue weighted by molar-refractivity contribution is -0.195. The highest BCUT2D eigenvalue weighted by Crippen LogP contribution is 2.11. The Morgan fingerprint density at radius 2 is 1.47 bits per heavy atom. The largest absolute Gasteiger partial charge is 0.331 e.